The summed E-state index contributed by atoms with van der Waals surface area (Å²) in [5, 5.41) is 0.535. The molecule has 0 spiro atoms. The van der Waals surface area contributed by atoms with Crippen LogP contribution >= 0.6 is 22.9 Å². The number of nitrogens with two attached hydrogens (primary N) is 1. The van der Waals surface area contributed by atoms with E-state index in [0.29, 0.717) is 9.47 Å². The summed E-state index contributed by atoms with van der Waals surface area (Å²) in [6, 6.07) is 0. The molecule has 2 N–H and O–H groups in total. The lowest BCUT2D eigenvalue weighted by Gasteiger charge is -1.74. The Labute approximate surface area is 83.8 Å². The highest BCUT2D eigenvalue weighted by atomic mass is 35.5. The van der Waals surface area contributed by atoms with E-state index in [2.05, 4.69) is 4.98 Å². The van der Waals surface area contributed by atoms with Gasteiger partial charge in [0.05, 0.1) is 5.69 Å². The number of rotatable bonds is 0. The van der Waals surface area contributed by atoms with Crippen LogP contribution in [0.4, 0.5) is 5.13 Å². The van der Waals surface area contributed by atoms with Crippen LogP contribution in [-0.4, -0.2) is 4.98 Å². The second kappa shape index (κ2) is 8.81. The molecule has 0 aliphatic carbocycles. The lowest BCUT2D eigenvalue weighted by molar-refractivity contribution is 1.27. The van der Waals surface area contributed by atoms with Crippen molar-refractivity contribution < 1.29 is 0 Å². The smallest absolute Gasteiger partial charge is 0.181 e. The number of thiazole rings is 1. The number of aryl methyl sites for hydroxylation is 1. The van der Waals surface area contributed by atoms with Crippen LogP contribution in [0.5, 0.6) is 0 Å². The van der Waals surface area contributed by atoms with E-state index in [1.54, 1.807) is 0 Å². The van der Waals surface area contributed by atoms with Crippen LogP contribution in [0.1, 0.15) is 33.4 Å². The fourth-order valence-corrected chi connectivity index (χ4v) is 1.24. The standard InChI is InChI=1S/C4H5ClN2S.2C2H6/c1-2-3(5)8-4(6)7-2;2*1-2/h1H3,(H2,6,7);2*1-2H3. The number of hydrogen-bond acceptors (Lipinski definition) is 3. The van der Waals surface area contributed by atoms with E-state index >= 15 is 0 Å². The van der Waals surface area contributed by atoms with Gasteiger partial charge in [-0.3, -0.25) is 0 Å². The zero-order valence-corrected chi connectivity index (χ0v) is 9.88. The molecule has 1 aromatic heterocycles. The Morgan fingerprint density at radius 3 is 1.75 bits per heavy atom. The van der Waals surface area contributed by atoms with Gasteiger partial charge >= 0.3 is 0 Å². The molecule has 0 aliphatic heterocycles. The van der Waals surface area contributed by atoms with Crippen molar-refractivity contribution in [1.29, 1.82) is 0 Å². The lowest BCUT2D eigenvalue weighted by atomic mass is 10.6. The third kappa shape index (κ3) is 5.38. The van der Waals surface area contributed by atoms with Crippen LogP contribution in [-0.2, 0) is 0 Å². The maximum atomic E-state index is 5.61. The first-order valence-corrected chi connectivity index (χ1v) is 5.28. The van der Waals surface area contributed by atoms with Crippen LogP contribution in [0.2, 0.25) is 4.34 Å². The molecule has 0 bridgehead atoms. The molecule has 0 amide bonds. The molecule has 72 valence electrons. The molecule has 0 aliphatic rings. The SMILES string of the molecule is CC.CC.Cc1nc(N)sc1Cl. The first kappa shape index (κ1) is 14.3. The highest BCUT2D eigenvalue weighted by Gasteiger charge is 1.98. The Hall–Kier alpha value is -0.280. The molecule has 1 aromatic rings. The Morgan fingerprint density at radius 1 is 1.25 bits per heavy atom. The molecular weight excluding hydrogens is 192 g/mol. The highest BCUT2D eigenvalue weighted by molar-refractivity contribution is 7.19. The number of anilines is 1. The molecule has 2 nitrogen and oxygen atoms in total. The Balaban J connectivity index is 0. The van der Waals surface area contributed by atoms with E-state index in [0.717, 1.165) is 5.69 Å². The quantitative estimate of drug-likeness (QED) is 0.706. The number of halogens is 1. The normalized spacial score (nSPS) is 7.50. The van der Waals surface area contributed by atoms with Crippen LogP contribution in [0, 0.1) is 6.92 Å². The van der Waals surface area contributed by atoms with Crippen molar-refractivity contribution in [3.63, 3.8) is 0 Å². The average molecular weight is 209 g/mol. The number of aromatic nitrogens is 1. The molecule has 0 aromatic carbocycles. The molecule has 0 saturated heterocycles. The van der Waals surface area contributed by atoms with Crippen molar-refractivity contribution in [2.75, 3.05) is 5.73 Å². The summed E-state index contributed by atoms with van der Waals surface area (Å²) < 4.78 is 0.683. The van der Waals surface area contributed by atoms with Gasteiger partial charge in [-0.1, -0.05) is 50.6 Å². The number of nitrogens with zero attached hydrogens (tertiary/aromatic N) is 1. The van der Waals surface area contributed by atoms with Gasteiger partial charge in [-0.15, -0.1) is 0 Å². The van der Waals surface area contributed by atoms with Gasteiger partial charge in [0.15, 0.2) is 5.13 Å². The third-order valence-electron chi connectivity index (χ3n) is 0.757. The molecule has 12 heavy (non-hydrogen) atoms. The minimum atomic E-state index is 0.535. The van der Waals surface area contributed by atoms with E-state index in [4.69, 9.17) is 17.3 Å². The van der Waals surface area contributed by atoms with Crippen molar-refractivity contribution in [2.45, 2.75) is 34.6 Å². The number of nitrogen functional groups attached to an aromatic ring is 1. The zero-order chi connectivity index (χ0) is 10.1. The van der Waals surface area contributed by atoms with Crippen molar-refractivity contribution in [2.24, 2.45) is 0 Å². The maximum absolute atomic E-state index is 5.61. The summed E-state index contributed by atoms with van der Waals surface area (Å²) in [6.07, 6.45) is 0. The molecule has 1 rings (SSSR count). The lowest BCUT2D eigenvalue weighted by Crippen LogP contribution is -1.80. The van der Waals surface area contributed by atoms with E-state index < -0.39 is 0 Å². The van der Waals surface area contributed by atoms with Gasteiger partial charge in [-0.2, -0.15) is 0 Å². The largest absolute Gasteiger partial charge is 0.375 e. The van der Waals surface area contributed by atoms with Crippen molar-refractivity contribution in [1.82, 2.24) is 4.98 Å². The summed E-state index contributed by atoms with van der Waals surface area (Å²) in [6.45, 7) is 9.83. The predicted molar refractivity (Wildman–Crippen MR) is 59.0 cm³/mol. The van der Waals surface area contributed by atoms with Gasteiger partial charge in [-0.05, 0) is 6.92 Å². The Bertz CT molecular complexity index is 179. The Morgan fingerprint density at radius 2 is 1.67 bits per heavy atom. The monoisotopic (exact) mass is 208 g/mol. The van der Waals surface area contributed by atoms with Crippen LogP contribution in [0.25, 0.3) is 0 Å². The molecular formula is C8H17ClN2S. The molecule has 1 heterocycles. The van der Waals surface area contributed by atoms with Crippen LogP contribution in [0.15, 0.2) is 0 Å². The fourth-order valence-electron chi connectivity index (χ4n) is 0.398. The van der Waals surface area contributed by atoms with Gasteiger partial charge in [0.25, 0.3) is 0 Å². The number of hydrogen-bond donors (Lipinski definition) is 1. The van der Waals surface area contributed by atoms with Gasteiger partial charge in [0.2, 0.25) is 0 Å². The fraction of sp³-hybridized carbons (Fsp3) is 0.625. The van der Waals surface area contributed by atoms with Crippen LogP contribution < -0.4 is 5.73 Å². The summed E-state index contributed by atoms with van der Waals surface area (Å²) in [4.78, 5) is 3.88. The summed E-state index contributed by atoms with van der Waals surface area (Å²) in [7, 11) is 0. The first-order valence-electron chi connectivity index (χ1n) is 4.08. The van der Waals surface area contributed by atoms with E-state index in [9.17, 15) is 0 Å². The Kier molecular flexibility index (Phi) is 10.5. The maximum Gasteiger partial charge on any atom is 0.181 e. The molecule has 0 radical (unpaired) electrons. The van der Waals surface area contributed by atoms with Gasteiger partial charge in [0.1, 0.15) is 4.34 Å². The van der Waals surface area contributed by atoms with E-state index in [1.165, 1.54) is 11.3 Å². The minimum absolute atomic E-state index is 0.535. The molecule has 0 atom stereocenters. The molecule has 4 heteroatoms. The minimum Gasteiger partial charge on any atom is -0.375 e. The summed E-state index contributed by atoms with van der Waals surface area (Å²) in [5.41, 5.74) is 6.12. The van der Waals surface area contributed by atoms with E-state index in [1.807, 2.05) is 34.6 Å². The van der Waals surface area contributed by atoms with Gasteiger partial charge in [-0.25, -0.2) is 4.98 Å². The zero-order valence-electron chi connectivity index (χ0n) is 8.31. The summed E-state index contributed by atoms with van der Waals surface area (Å²) in [5.74, 6) is 0. The highest BCUT2D eigenvalue weighted by Crippen LogP contribution is 2.24. The first-order chi connectivity index (χ1) is 5.70. The van der Waals surface area contributed by atoms with Crippen LogP contribution in [0.3, 0.4) is 0 Å². The molecule has 0 fully saturated rings. The average Bonchev–Trinajstić information content (AvgIpc) is 2.37. The van der Waals surface area contributed by atoms with Crippen molar-refractivity contribution in [3.8, 4) is 0 Å². The second-order valence-corrected chi connectivity index (χ2v) is 3.04. The van der Waals surface area contributed by atoms with E-state index in [-0.39, 0.29) is 0 Å². The third-order valence-corrected chi connectivity index (χ3v) is 2.04. The topological polar surface area (TPSA) is 38.9 Å². The van der Waals surface area contributed by atoms with Crippen molar-refractivity contribution >= 4 is 28.1 Å². The van der Waals surface area contributed by atoms with Crippen molar-refractivity contribution in [3.05, 3.63) is 10.0 Å². The summed E-state index contributed by atoms with van der Waals surface area (Å²) >= 11 is 6.91. The second-order valence-electron chi connectivity index (χ2n) is 1.41. The predicted octanol–water partition coefficient (Wildman–Crippen LogP) is 3.74. The molecule has 0 unspecified atom stereocenters. The molecule has 0 saturated carbocycles. The van der Waals surface area contributed by atoms with Gasteiger partial charge in [0, 0.05) is 0 Å². The van der Waals surface area contributed by atoms with Gasteiger partial charge < -0.3 is 5.73 Å².